The van der Waals surface area contributed by atoms with Gasteiger partial charge in [-0.1, -0.05) is 0 Å². The zero-order chi connectivity index (χ0) is 10.0. The molecule has 0 bridgehead atoms. The monoisotopic (exact) mass is 184 g/mol. The molecule has 0 spiro atoms. The van der Waals surface area contributed by atoms with E-state index in [1.165, 1.54) is 0 Å². The smallest absolute Gasteiger partial charge is 0.290 e. The standard InChI is InChI=1S/C8H12N2O3/c1-5-7(4-11)3-9-6(2)8(5)10(12)13/h9,11H,3-4H2,1-2H3. The summed E-state index contributed by atoms with van der Waals surface area (Å²) < 4.78 is 0. The molecule has 0 aromatic heterocycles. The Morgan fingerprint density at radius 1 is 1.62 bits per heavy atom. The van der Waals surface area contributed by atoms with Crippen molar-refractivity contribution in [3.63, 3.8) is 0 Å². The second kappa shape index (κ2) is 3.57. The minimum Gasteiger partial charge on any atom is -0.392 e. The maximum absolute atomic E-state index is 10.6. The molecule has 1 heterocycles. The van der Waals surface area contributed by atoms with Crippen molar-refractivity contribution < 1.29 is 10.0 Å². The third kappa shape index (κ3) is 1.70. The lowest BCUT2D eigenvalue weighted by Crippen LogP contribution is -2.26. The molecule has 13 heavy (non-hydrogen) atoms. The Kier molecular flexibility index (Phi) is 2.67. The Hall–Kier alpha value is -1.36. The van der Waals surface area contributed by atoms with Crippen LogP contribution in [0.1, 0.15) is 13.8 Å². The summed E-state index contributed by atoms with van der Waals surface area (Å²) in [5.41, 5.74) is 1.89. The Morgan fingerprint density at radius 3 is 2.69 bits per heavy atom. The van der Waals surface area contributed by atoms with Gasteiger partial charge in [-0.15, -0.1) is 0 Å². The molecular formula is C8H12N2O3. The van der Waals surface area contributed by atoms with E-state index in [0.717, 1.165) is 0 Å². The molecular weight excluding hydrogens is 172 g/mol. The molecule has 0 radical (unpaired) electrons. The number of nitrogens with one attached hydrogen (secondary N) is 1. The molecule has 0 aromatic rings. The predicted octanol–water partition coefficient (Wildman–Crippen LogP) is 0.407. The van der Waals surface area contributed by atoms with Gasteiger partial charge in [0.15, 0.2) is 0 Å². The molecule has 72 valence electrons. The molecule has 1 aliphatic heterocycles. The Bertz CT molecular complexity index is 305. The molecule has 1 aliphatic rings. The summed E-state index contributed by atoms with van der Waals surface area (Å²) in [7, 11) is 0. The average Bonchev–Trinajstić information content (AvgIpc) is 2.04. The van der Waals surface area contributed by atoms with E-state index in [2.05, 4.69) is 5.32 Å². The van der Waals surface area contributed by atoms with Crippen molar-refractivity contribution in [1.82, 2.24) is 5.32 Å². The van der Waals surface area contributed by atoms with Crippen LogP contribution < -0.4 is 5.32 Å². The number of hydrogen-bond acceptors (Lipinski definition) is 4. The van der Waals surface area contributed by atoms with Crippen LogP contribution in [-0.4, -0.2) is 23.2 Å². The second-order valence-corrected chi connectivity index (χ2v) is 2.97. The first kappa shape index (κ1) is 9.73. The fourth-order valence-corrected chi connectivity index (χ4v) is 1.35. The number of hydrogen-bond donors (Lipinski definition) is 2. The first-order valence-electron chi connectivity index (χ1n) is 3.97. The number of dihydropyridines is 1. The van der Waals surface area contributed by atoms with Crippen molar-refractivity contribution in [2.24, 2.45) is 0 Å². The van der Waals surface area contributed by atoms with Crippen molar-refractivity contribution in [2.45, 2.75) is 13.8 Å². The molecule has 0 aromatic carbocycles. The van der Waals surface area contributed by atoms with E-state index in [-0.39, 0.29) is 12.3 Å². The van der Waals surface area contributed by atoms with Crippen LogP contribution in [0.2, 0.25) is 0 Å². The van der Waals surface area contributed by atoms with E-state index in [1.54, 1.807) is 13.8 Å². The SMILES string of the molecule is CC1=C([N+](=O)[O-])C(C)=C(CO)CN1. The zero-order valence-corrected chi connectivity index (χ0v) is 7.63. The molecule has 0 unspecified atom stereocenters. The Labute approximate surface area is 75.9 Å². The summed E-state index contributed by atoms with van der Waals surface area (Å²) >= 11 is 0. The van der Waals surface area contributed by atoms with Gasteiger partial charge in [-0.25, -0.2) is 0 Å². The molecule has 0 amide bonds. The summed E-state index contributed by atoms with van der Waals surface area (Å²) in [4.78, 5) is 10.2. The minimum absolute atomic E-state index is 0.0790. The lowest BCUT2D eigenvalue weighted by molar-refractivity contribution is -0.422. The summed E-state index contributed by atoms with van der Waals surface area (Å²) in [5, 5.41) is 22.4. The van der Waals surface area contributed by atoms with Crippen molar-refractivity contribution in [1.29, 1.82) is 0 Å². The number of nitrogens with zero attached hydrogens (tertiary/aromatic N) is 1. The van der Waals surface area contributed by atoms with E-state index in [4.69, 9.17) is 5.11 Å². The molecule has 0 saturated heterocycles. The lowest BCUT2D eigenvalue weighted by Gasteiger charge is -2.17. The van der Waals surface area contributed by atoms with Crippen molar-refractivity contribution >= 4 is 0 Å². The van der Waals surface area contributed by atoms with Gasteiger partial charge in [0.2, 0.25) is 0 Å². The fraction of sp³-hybridized carbons (Fsp3) is 0.500. The van der Waals surface area contributed by atoms with Gasteiger partial charge < -0.3 is 10.4 Å². The normalized spacial score (nSPS) is 17.5. The van der Waals surface area contributed by atoms with E-state index in [0.29, 0.717) is 23.4 Å². The topological polar surface area (TPSA) is 75.4 Å². The van der Waals surface area contributed by atoms with Crippen LogP contribution in [0, 0.1) is 10.1 Å². The molecule has 5 nitrogen and oxygen atoms in total. The lowest BCUT2D eigenvalue weighted by atomic mass is 10.0. The van der Waals surface area contributed by atoms with Crippen LogP contribution in [0.3, 0.4) is 0 Å². The number of nitro groups is 1. The summed E-state index contributed by atoms with van der Waals surface area (Å²) in [6.45, 7) is 3.68. The van der Waals surface area contributed by atoms with E-state index >= 15 is 0 Å². The third-order valence-corrected chi connectivity index (χ3v) is 2.18. The highest BCUT2D eigenvalue weighted by atomic mass is 16.6. The Balaban J connectivity index is 3.14. The number of allylic oxidation sites excluding steroid dienone is 2. The second-order valence-electron chi connectivity index (χ2n) is 2.97. The number of aliphatic hydroxyl groups is 1. The van der Waals surface area contributed by atoms with Gasteiger partial charge in [-0.2, -0.15) is 0 Å². The van der Waals surface area contributed by atoms with Crippen LogP contribution in [0.15, 0.2) is 22.5 Å². The van der Waals surface area contributed by atoms with Gasteiger partial charge >= 0.3 is 0 Å². The molecule has 0 atom stereocenters. The highest BCUT2D eigenvalue weighted by Crippen LogP contribution is 2.21. The third-order valence-electron chi connectivity index (χ3n) is 2.18. The van der Waals surface area contributed by atoms with Crippen LogP contribution >= 0.6 is 0 Å². The quantitative estimate of drug-likeness (QED) is 0.481. The Morgan fingerprint density at radius 2 is 2.23 bits per heavy atom. The molecule has 0 fully saturated rings. The molecule has 2 N–H and O–H groups in total. The average molecular weight is 184 g/mol. The molecule has 5 heteroatoms. The van der Waals surface area contributed by atoms with Crippen molar-refractivity contribution in [3.05, 3.63) is 32.7 Å². The van der Waals surface area contributed by atoms with Crippen LogP contribution in [0.5, 0.6) is 0 Å². The van der Waals surface area contributed by atoms with Gasteiger partial charge in [0.05, 0.1) is 17.2 Å². The summed E-state index contributed by atoms with van der Waals surface area (Å²) in [6.07, 6.45) is 0. The maximum atomic E-state index is 10.6. The van der Waals surface area contributed by atoms with Gasteiger partial charge in [-0.3, -0.25) is 10.1 Å². The first-order chi connectivity index (χ1) is 6.07. The summed E-state index contributed by atoms with van der Waals surface area (Å²) in [6, 6.07) is 0. The van der Waals surface area contributed by atoms with E-state index < -0.39 is 4.92 Å². The van der Waals surface area contributed by atoms with Crippen LogP contribution in [0.25, 0.3) is 0 Å². The van der Waals surface area contributed by atoms with Crippen molar-refractivity contribution in [2.75, 3.05) is 13.2 Å². The van der Waals surface area contributed by atoms with E-state index in [1.807, 2.05) is 0 Å². The maximum Gasteiger partial charge on any atom is 0.290 e. The predicted molar refractivity (Wildman–Crippen MR) is 47.5 cm³/mol. The molecule has 0 aliphatic carbocycles. The zero-order valence-electron chi connectivity index (χ0n) is 7.63. The highest BCUT2D eigenvalue weighted by Gasteiger charge is 2.24. The number of rotatable bonds is 2. The van der Waals surface area contributed by atoms with Gasteiger partial charge in [0, 0.05) is 12.1 Å². The van der Waals surface area contributed by atoms with Gasteiger partial charge in [0.25, 0.3) is 5.70 Å². The minimum atomic E-state index is -0.424. The largest absolute Gasteiger partial charge is 0.392 e. The van der Waals surface area contributed by atoms with Gasteiger partial charge in [0.1, 0.15) is 0 Å². The fourth-order valence-electron chi connectivity index (χ4n) is 1.35. The van der Waals surface area contributed by atoms with Crippen molar-refractivity contribution in [3.8, 4) is 0 Å². The highest BCUT2D eigenvalue weighted by molar-refractivity contribution is 5.36. The first-order valence-corrected chi connectivity index (χ1v) is 3.97. The van der Waals surface area contributed by atoms with E-state index in [9.17, 15) is 10.1 Å². The molecule has 1 rings (SSSR count). The van der Waals surface area contributed by atoms with Crippen LogP contribution in [-0.2, 0) is 0 Å². The summed E-state index contributed by atoms with van der Waals surface area (Å²) in [5.74, 6) is 0. The molecule has 0 saturated carbocycles. The van der Waals surface area contributed by atoms with Crippen LogP contribution in [0.4, 0.5) is 0 Å². The number of aliphatic hydroxyl groups excluding tert-OH is 1. The van der Waals surface area contributed by atoms with Gasteiger partial charge in [-0.05, 0) is 19.4 Å².